The smallest absolute Gasteiger partial charge is 0.410 e. The summed E-state index contributed by atoms with van der Waals surface area (Å²) in [7, 11) is 0. The van der Waals surface area contributed by atoms with Crippen LogP contribution in [0.5, 0.6) is 0 Å². The van der Waals surface area contributed by atoms with Gasteiger partial charge < -0.3 is 19.1 Å². The van der Waals surface area contributed by atoms with E-state index < -0.39 is 5.60 Å². The minimum Gasteiger partial charge on any atom is -0.444 e. The highest BCUT2D eigenvalue weighted by Gasteiger charge is 2.27. The van der Waals surface area contributed by atoms with Crippen molar-refractivity contribution in [2.45, 2.75) is 32.9 Å². The Bertz CT molecular complexity index is 485. The van der Waals surface area contributed by atoms with E-state index in [9.17, 15) is 9.59 Å². The standard InChI is InChI=1S/C14H22N4O3/c1-14(2,3)21-13(20)18-8-6-17(7-9-18)12(19)10-16-5-4-15-11-16/h4-5,11H,6-10H2,1-3H3. The molecule has 1 aromatic rings. The molecule has 1 aliphatic heterocycles. The molecule has 2 heterocycles. The van der Waals surface area contributed by atoms with Gasteiger partial charge in [-0.25, -0.2) is 9.78 Å². The fourth-order valence-electron chi connectivity index (χ4n) is 2.10. The number of carbonyl (C=O) groups is 2. The molecule has 0 aliphatic carbocycles. The van der Waals surface area contributed by atoms with E-state index in [-0.39, 0.29) is 18.5 Å². The lowest BCUT2D eigenvalue weighted by molar-refractivity contribution is -0.133. The molecule has 0 saturated carbocycles. The van der Waals surface area contributed by atoms with Crippen LogP contribution in [0.4, 0.5) is 4.79 Å². The average Bonchev–Trinajstić information content (AvgIpc) is 2.90. The second kappa shape index (κ2) is 6.15. The highest BCUT2D eigenvalue weighted by Crippen LogP contribution is 2.12. The van der Waals surface area contributed by atoms with Crippen molar-refractivity contribution in [3.8, 4) is 0 Å². The maximum atomic E-state index is 12.1. The summed E-state index contributed by atoms with van der Waals surface area (Å²) in [5.74, 6) is 0.0387. The van der Waals surface area contributed by atoms with Crippen LogP contribution < -0.4 is 0 Å². The summed E-state index contributed by atoms with van der Waals surface area (Å²) in [6.45, 7) is 7.89. The van der Waals surface area contributed by atoms with Gasteiger partial charge in [-0.05, 0) is 20.8 Å². The maximum absolute atomic E-state index is 12.1. The van der Waals surface area contributed by atoms with Crippen molar-refractivity contribution in [2.75, 3.05) is 26.2 Å². The number of hydrogen-bond donors (Lipinski definition) is 0. The quantitative estimate of drug-likeness (QED) is 0.815. The number of ether oxygens (including phenoxy) is 1. The Hall–Kier alpha value is -2.05. The SMILES string of the molecule is CC(C)(C)OC(=O)N1CCN(C(=O)Cn2ccnc2)CC1. The molecule has 2 rings (SSSR count). The zero-order valence-electron chi connectivity index (χ0n) is 12.8. The molecule has 7 heteroatoms. The molecule has 1 saturated heterocycles. The van der Waals surface area contributed by atoms with Gasteiger partial charge in [0.15, 0.2) is 0 Å². The van der Waals surface area contributed by atoms with E-state index >= 15 is 0 Å². The first-order valence-corrected chi connectivity index (χ1v) is 7.06. The van der Waals surface area contributed by atoms with Crippen molar-refractivity contribution >= 4 is 12.0 Å². The number of amides is 2. The number of carbonyl (C=O) groups excluding carboxylic acids is 2. The Balaban J connectivity index is 1.80. The van der Waals surface area contributed by atoms with E-state index in [4.69, 9.17) is 4.74 Å². The molecule has 21 heavy (non-hydrogen) atoms. The zero-order chi connectivity index (χ0) is 15.5. The summed E-state index contributed by atoms with van der Waals surface area (Å²) in [5.41, 5.74) is -0.495. The van der Waals surface area contributed by atoms with Crippen molar-refractivity contribution < 1.29 is 14.3 Å². The summed E-state index contributed by atoms with van der Waals surface area (Å²) in [6, 6.07) is 0. The highest BCUT2D eigenvalue weighted by molar-refractivity contribution is 5.76. The van der Waals surface area contributed by atoms with Gasteiger partial charge in [-0.3, -0.25) is 4.79 Å². The van der Waals surface area contributed by atoms with E-state index in [2.05, 4.69) is 4.98 Å². The van der Waals surface area contributed by atoms with Crippen LogP contribution in [-0.4, -0.2) is 63.1 Å². The fraction of sp³-hybridized carbons (Fsp3) is 0.643. The molecular weight excluding hydrogens is 272 g/mol. The zero-order valence-corrected chi connectivity index (χ0v) is 12.8. The summed E-state index contributed by atoms with van der Waals surface area (Å²) in [5, 5.41) is 0. The van der Waals surface area contributed by atoms with Crippen LogP contribution in [0, 0.1) is 0 Å². The van der Waals surface area contributed by atoms with E-state index in [0.717, 1.165) is 0 Å². The Kier molecular flexibility index (Phi) is 4.50. The number of rotatable bonds is 2. The van der Waals surface area contributed by atoms with Gasteiger partial charge in [-0.15, -0.1) is 0 Å². The van der Waals surface area contributed by atoms with E-state index in [1.54, 1.807) is 33.1 Å². The first kappa shape index (κ1) is 15.3. The molecule has 0 spiro atoms. The first-order valence-electron chi connectivity index (χ1n) is 7.06. The van der Waals surface area contributed by atoms with E-state index in [1.165, 1.54) is 0 Å². The Morgan fingerprint density at radius 2 is 1.76 bits per heavy atom. The van der Waals surface area contributed by atoms with Crippen molar-refractivity contribution in [1.82, 2.24) is 19.4 Å². The molecular formula is C14H22N4O3. The topological polar surface area (TPSA) is 67.7 Å². The van der Waals surface area contributed by atoms with Gasteiger partial charge >= 0.3 is 6.09 Å². The van der Waals surface area contributed by atoms with Gasteiger partial charge in [0, 0.05) is 38.6 Å². The second-order valence-electron chi connectivity index (χ2n) is 6.08. The van der Waals surface area contributed by atoms with Crippen LogP contribution >= 0.6 is 0 Å². The molecule has 0 aromatic carbocycles. The minimum atomic E-state index is -0.495. The number of hydrogen-bond acceptors (Lipinski definition) is 4. The van der Waals surface area contributed by atoms with Crippen LogP contribution in [0.1, 0.15) is 20.8 Å². The number of imidazole rings is 1. The Morgan fingerprint density at radius 3 is 2.29 bits per heavy atom. The van der Waals surface area contributed by atoms with E-state index in [1.807, 2.05) is 20.8 Å². The monoisotopic (exact) mass is 294 g/mol. The van der Waals surface area contributed by atoms with Crippen LogP contribution in [0.2, 0.25) is 0 Å². The molecule has 1 aliphatic rings. The minimum absolute atomic E-state index is 0.0387. The molecule has 0 N–H and O–H groups in total. The Labute approximate surface area is 124 Å². The largest absolute Gasteiger partial charge is 0.444 e. The third-order valence-electron chi connectivity index (χ3n) is 3.16. The normalized spacial score (nSPS) is 16.0. The molecule has 0 unspecified atom stereocenters. The molecule has 7 nitrogen and oxygen atoms in total. The molecule has 0 radical (unpaired) electrons. The van der Waals surface area contributed by atoms with Crippen molar-refractivity contribution in [1.29, 1.82) is 0 Å². The number of aromatic nitrogens is 2. The predicted molar refractivity (Wildman–Crippen MR) is 76.6 cm³/mol. The molecule has 1 aromatic heterocycles. The summed E-state index contributed by atoms with van der Waals surface area (Å²) in [6.07, 6.45) is 4.71. The lowest BCUT2D eigenvalue weighted by Gasteiger charge is -2.35. The highest BCUT2D eigenvalue weighted by atomic mass is 16.6. The fourth-order valence-corrected chi connectivity index (χ4v) is 2.10. The Morgan fingerprint density at radius 1 is 1.14 bits per heavy atom. The van der Waals surface area contributed by atoms with Gasteiger partial charge in [0.1, 0.15) is 12.1 Å². The van der Waals surface area contributed by atoms with Crippen molar-refractivity contribution in [2.24, 2.45) is 0 Å². The van der Waals surface area contributed by atoms with Gasteiger partial charge in [-0.1, -0.05) is 0 Å². The third-order valence-corrected chi connectivity index (χ3v) is 3.16. The van der Waals surface area contributed by atoms with Gasteiger partial charge in [-0.2, -0.15) is 0 Å². The van der Waals surface area contributed by atoms with Gasteiger partial charge in [0.05, 0.1) is 6.33 Å². The lowest BCUT2D eigenvalue weighted by Crippen LogP contribution is -2.52. The van der Waals surface area contributed by atoms with Crippen LogP contribution in [0.3, 0.4) is 0 Å². The molecule has 0 bridgehead atoms. The van der Waals surface area contributed by atoms with Crippen LogP contribution in [-0.2, 0) is 16.1 Å². The van der Waals surface area contributed by atoms with Gasteiger partial charge in [0.25, 0.3) is 0 Å². The van der Waals surface area contributed by atoms with Crippen molar-refractivity contribution in [3.05, 3.63) is 18.7 Å². The third kappa shape index (κ3) is 4.47. The second-order valence-corrected chi connectivity index (χ2v) is 6.08. The molecule has 2 amide bonds. The van der Waals surface area contributed by atoms with Crippen molar-refractivity contribution in [3.63, 3.8) is 0 Å². The molecule has 1 fully saturated rings. The molecule has 0 atom stereocenters. The first-order chi connectivity index (χ1) is 9.85. The summed E-state index contributed by atoms with van der Waals surface area (Å²) >= 11 is 0. The lowest BCUT2D eigenvalue weighted by atomic mass is 10.2. The number of piperazine rings is 1. The van der Waals surface area contributed by atoms with E-state index in [0.29, 0.717) is 26.2 Å². The summed E-state index contributed by atoms with van der Waals surface area (Å²) in [4.78, 5) is 31.4. The average molecular weight is 294 g/mol. The van der Waals surface area contributed by atoms with Crippen LogP contribution in [0.25, 0.3) is 0 Å². The van der Waals surface area contributed by atoms with Crippen LogP contribution in [0.15, 0.2) is 18.7 Å². The maximum Gasteiger partial charge on any atom is 0.410 e. The van der Waals surface area contributed by atoms with Gasteiger partial charge in [0.2, 0.25) is 5.91 Å². The number of nitrogens with zero attached hydrogens (tertiary/aromatic N) is 4. The summed E-state index contributed by atoms with van der Waals surface area (Å²) < 4.78 is 7.07. The molecule has 116 valence electrons. The predicted octanol–water partition coefficient (Wildman–Crippen LogP) is 0.962.